The Labute approximate surface area is 186 Å². The summed E-state index contributed by atoms with van der Waals surface area (Å²) in [6.45, 7) is 10.9. The van der Waals surface area contributed by atoms with Crippen molar-refractivity contribution in [2.45, 2.75) is 82.0 Å². The zero-order valence-electron chi connectivity index (χ0n) is 18.7. The topological polar surface area (TPSA) is 64.6 Å². The molecule has 1 heterocycles. The molecule has 0 bridgehead atoms. The van der Waals surface area contributed by atoms with Crippen molar-refractivity contribution < 1.29 is 19.1 Å². The fraction of sp³-hybridized carbons (Fsp3) is 0.909. The first-order valence-corrected chi connectivity index (χ1v) is 13.1. The summed E-state index contributed by atoms with van der Waals surface area (Å²) in [5, 5.41) is 5.14. The predicted molar refractivity (Wildman–Crippen MR) is 125 cm³/mol. The van der Waals surface area contributed by atoms with E-state index in [4.69, 9.17) is 9.47 Å². The van der Waals surface area contributed by atoms with E-state index in [1.165, 1.54) is 18.6 Å². The van der Waals surface area contributed by atoms with Crippen molar-refractivity contribution in [3.63, 3.8) is 0 Å². The van der Waals surface area contributed by atoms with Crippen molar-refractivity contribution in [1.82, 2.24) is 5.32 Å². The van der Waals surface area contributed by atoms with Crippen LogP contribution in [0.4, 0.5) is 0 Å². The zero-order valence-corrected chi connectivity index (χ0v) is 20.4. The first-order chi connectivity index (χ1) is 13.9. The molecule has 5 nitrogen and oxygen atoms in total. The molecule has 1 rings (SSSR count). The lowest BCUT2D eigenvalue weighted by molar-refractivity contribution is -0.123. The number of hydrogen-bond acceptors (Lipinski definition) is 6. The highest BCUT2D eigenvalue weighted by Gasteiger charge is 2.22. The van der Waals surface area contributed by atoms with Gasteiger partial charge in [0.25, 0.3) is 0 Å². The summed E-state index contributed by atoms with van der Waals surface area (Å²) in [6.07, 6.45) is 5.68. The van der Waals surface area contributed by atoms with Gasteiger partial charge in [0.2, 0.25) is 5.91 Å². The Morgan fingerprint density at radius 1 is 1.00 bits per heavy atom. The molecule has 1 aliphatic rings. The monoisotopic (exact) mass is 447 g/mol. The lowest BCUT2D eigenvalue weighted by Crippen LogP contribution is -2.27. The Bertz CT molecular complexity index is 462. The Kier molecular flexibility index (Phi) is 15.2. The number of Topliss-reactive ketones (excluding diaryl/α,β-unsaturated/α-hetero) is 1. The molecule has 1 fully saturated rings. The van der Waals surface area contributed by atoms with E-state index in [2.05, 4.69) is 42.7 Å². The van der Waals surface area contributed by atoms with Crippen LogP contribution in [-0.2, 0) is 19.1 Å². The van der Waals surface area contributed by atoms with Crippen LogP contribution >= 0.6 is 23.5 Å². The number of carbonyl (C=O) groups excluding carboxylic acids is 2. The van der Waals surface area contributed by atoms with Crippen molar-refractivity contribution in [3.05, 3.63) is 0 Å². The van der Waals surface area contributed by atoms with Crippen LogP contribution < -0.4 is 5.32 Å². The van der Waals surface area contributed by atoms with Crippen LogP contribution in [0.5, 0.6) is 0 Å². The third kappa shape index (κ3) is 13.6. The molecular formula is C22H41NO4S2. The molecular weight excluding hydrogens is 406 g/mol. The molecule has 7 heteroatoms. The number of amides is 1. The number of rotatable bonds is 15. The van der Waals surface area contributed by atoms with Crippen molar-refractivity contribution in [2.75, 3.05) is 38.7 Å². The molecule has 0 spiro atoms. The van der Waals surface area contributed by atoms with Gasteiger partial charge in [-0.2, -0.15) is 23.5 Å². The van der Waals surface area contributed by atoms with Crippen LogP contribution in [-0.4, -0.2) is 66.2 Å². The highest BCUT2D eigenvalue weighted by atomic mass is 32.2. The summed E-state index contributed by atoms with van der Waals surface area (Å²) in [5.41, 5.74) is 0. The molecule has 29 heavy (non-hydrogen) atoms. The van der Waals surface area contributed by atoms with Gasteiger partial charge in [-0.1, -0.05) is 34.1 Å². The van der Waals surface area contributed by atoms with Crippen LogP contribution in [0.1, 0.15) is 66.2 Å². The van der Waals surface area contributed by atoms with E-state index in [9.17, 15) is 9.59 Å². The van der Waals surface area contributed by atoms with Crippen LogP contribution in [0.3, 0.4) is 0 Å². The zero-order chi connectivity index (χ0) is 21.5. The first kappa shape index (κ1) is 26.8. The second-order valence-corrected chi connectivity index (χ2v) is 11.2. The maximum Gasteiger partial charge on any atom is 0.220 e. The second-order valence-electron chi connectivity index (χ2n) is 8.02. The molecule has 0 radical (unpaired) electrons. The van der Waals surface area contributed by atoms with E-state index in [1.807, 2.05) is 13.8 Å². The Morgan fingerprint density at radius 2 is 1.72 bits per heavy atom. The third-order valence-corrected chi connectivity index (χ3v) is 8.42. The standard InChI is InChI=1S/C22H41NO4S2/c1-17(2)21(24)9-12-26-14-15-27-13-11-23-22(25)8-6-5-7-20-10-16-28-18(3)19(4)29-20/h17-20H,5-16H2,1-4H3,(H,23,25). The third-order valence-electron chi connectivity index (χ3n) is 5.15. The molecule has 1 aliphatic heterocycles. The van der Waals surface area contributed by atoms with Gasteiger partial charge in [-0.15, -0.1) is 0 Å². The van der Waals surface area contributed by atoms with E-state index < -0.39 is 0 Å². The van der Waals surface area contributed by atoms with Gasteiger partial charge in [0.15, 0.2) is 0 Å². The average molecular weight is 448 g/mol. The summed E-state index contributed by atoms with van der Waals surface area (Å²) in [6, 6.07) is 0. The Hall–Kier alpha value is -0.240. The fourth-order valence-corrected chi connectivity index (χ4v) is 6.03. The number of unbranched alkanes of at least 4 members (excludes halogenated alkanes) is 1. The van der Waals surface area contributed by atoms with Gasteiger partial charge in [-0.05, 0) is 25.0 Å². The molecule has 1 amide bonds. The van der Waals surface area contributed by atoms with E-state index >= 15 is 0 Å². The molecule has 0 aliphatic carbocycles. The highest BCUT2D eigenvalue weighted by molar-refractivity contribution is 8.04. The van der Waals surface area contributed by atoms with Crippen LogP contribution in [0, 0.1) is 5.92 Å². The van der Waals surface area contributed by atoms with Crippen molar-refractivity contribution in [2.24, 2.45) is 5.92 Å². The molecule has 0 aromatic rings. The van der Waals surface area contributed by atoms with Crippen LogP contribution in [0.15, 0.2) is 0 Å². The predicted octanol–water partition coefficient (Wildman–Crippen LogP) is 4.33. The Balaban J connectivity index is 1.90. The molecule has 3 unspecified atom stereocenters. The van der Waals surface area contributed by atoms with Gasteiger partial charge >= 0.3 is 0 Å². The normalized spacial score (nSPS) is 22.4. The molecule has 3 atom stereocenters. The summed E-state index contributed by atoms with van der Waals surface area (Å²) in [4.78, 5) is 23.3. The minimum absolute atomic E-state index is 0.0702. The minimum atomic E-state index is 0.0702. The molecule has 0 saturated carbocycles. The fourth-order valence-electron chi connectivity index (χ4n) is 3.01. The van der Waals surface area contributed by atoms with Crippen molar-refractivity contribution in [3.8, 4) is 0 Å². The number of nitrogens with one attached hydrogen (secondary N) is 1. The van der Waals surface area contributed by atoms with Crippen molar-refractivity contribution in [1.29, 1.82) is 0 Å². The number of thioether (sulfide) groups is 2. The van der Waals surface area contributed by atoms with Gasteiger partial charge < -0.3 is 14.8 Å². The van der Waals surface area contributed by atoms with Crippen LogP contribution in [0.25, 0.3) is 0 Å². The largest absolute Gasteiger partial charge is 0.379 e. The van der Waals surface area contributed by atoms with E-state index in [-0.39, 0.29) is 17.6 Å². The van der Waals surface area contributed by atoms with Gasteiger partial charge in [-0.3, -0.25) is 9.59 Å². The maximum absolute atomic E-state index is 11.9. The van der Waals surface area contributed by atoms with Crippen LogP contribution in [0.2, 0.25) is 0 Å². The molecule has 1 saturated heterocycles. The first-order valence-electron chi connectivity index (χ1n) is 11.1. The minimum Gasteiger partial charge on any atom is -0.379 e. The molecule has 1 N–H and O–H groups in total. The summed E-state index contributed by atoms with van der Waals surface area (Å²) < 4.78 is 10.8. The lowest BCUT2D eigenvalue weighted by Gasteiger charge is -2.19. The maximum atomic E-state index is 11.9. The van der Waals surface area contributed by atoms with Crippen molar-refractivity contribution >= 4 is 35.2 Å². The SMILES string of the molecule is CC(C)C(=O)CCOCCOCCNC(=O)CCCCC1CCSC(C)C(C)S1. The number of hydrogen-bond donors (Lipinski definition) is 1. The van der Waals surface area contributed by atoms with Gasteiger partial charge in [0.05, 0.1) is 26.4 Å². The Morgan fingerprint density at radius 3 is 2.45 bits per heavy atom. The molecule has 0 aromatic heterocycles. The number of ether oxygens (including phenoxy) is 2. The van der Waals surface area contributed by atoms with E-state index in [1.54, 1.807) is 0 Å². The van der Waals surface area contributed by atoms with Gasteiger partial charge in [0, 0.05) is 41.1 Å². The summed E-state index contributed by atoms with van der Waals surface area (Å²) in [5.74, 6) is 1.68. The second kappa shape index (κ2) is 16.5. The lowest BCUT2D eigenvalue weighted by atomic mass is 10.1. The molecule has 170 valence electrons. The average Bonchev–Trinajstić information content (AvgIpc) is 2.84. The van der Waals surface area contributed by atoms with Gasteiger partial charge in [-0.25, -0.2) is 0 Å². The van der Waals surface area contributed by atoms with E-state index in [0.717, 1.165) is 28.6 Å². The summed E-state index contributed by atoms with van der Waals surface area (Å²) in [7, 11) is 0. The number of ketones is 1. The molecule has 0 aromatic carbocycles. The summed E-state index contributed by atoms with van der Waals surface area (Å²) >= 11 is 4.24. The number of carbonyl (C=O) groups is 2. The smallest absolute Gasteiger partial charge is 0.220 e. The van der Waals surface area contributed by atoms with Gasteiger partial charge in [0.1, 0.15) is 5.78 Å². The van der Waals surface area contributed by atoms with E-state index in [0.29, 0.717) is 45.8 Å². The quantitative estimate of drug-likeness (QED) is 0.377. The highest BCUT2D eigenvalue weighted by Crippen LogP contribution is 2.36.